The van der Waals surface area contributed by atoms with Gasteiger partial charge < -0.3 is 9.67 Å². The monoisotopic (exact) mass is 182 g/mol. The number of imidazole rings is 1. The second-order valence-corrected chi connectivity index (χ2v) is 2.88. The zero-order chi connectivity index (χ0) is 9.84. The molecule has 72 valence electrons. The number of nitrogens with zero attached hydrogens (tertiary/aromatic N) is 2. The second-order valence-electron chi connectivity index (χ2n) is 2.88. The summed E-state index contributed by atoms with van der Waals surface area (Å²) < 4.78 is 1.88. The zero-order valence-corrected chi connectivity index (χ0v) is 7.95. The smallest absolute Gasteiger partial charge is 0.356 e. The van der Waals surface area contributed by atoms with E-state index in [1.165, 1.54) is 0 Å². The van der Waals surface area contributed by atoms with Crippen LogP contribution in [0.25, 0.3) is 0 Å². The molecule has 13 heavy (non-hydrogen) atoms. The Morgan fingerprint density at radius 3 is 2.77 bits per heavy atom. The third kappa shape index (κ3) is 2.08. The number of carbonyl (C=O) groups is 1. The molecule has 1 aromatic rings. The lowest BCUT2D eigenvalue weighted by molar-refractivity contribution is 0.0691. The van der Waals surface area contributed by atoms with Crippen molar-refractivity contribution in [2.45, 2.75) is 33.2 Å². The Balaban J connectivity index is 2.96. The van der Waals surface area contributed by atoms with Crippen LogP contribution in [0.5, 0.6) is 0 Å². The molecule has 0 amide bonds. The molecule has 1 aromatic heterocycles. The lowest BCUT2D eigenvalue weighted by Crippen LogP contribution is -1.99. The van der Waals surface area contributed by atoms with Gasteiger partial charge in [0.1, 0.15) is 5.82 Å². The fourth-order valence-electron chi connectivity index (χ4n) is 1.25. The number of rotatable bonds is 4. The molecular weight excluding hydrogens is 168 g/mol. The summed E-state index contributed by atoms with van der Waals surface area (Å²) in [6.45, 7) is 4.80. The Hall–Kier alpha value is -1.32. The third-order valence-electron chi connectivity index (χ3n) is 1.89. The van der Waals surface area contributed by atoms with Gasteiger partial charge in [-0.15, -0.1) is 0 Å². The first kappa shape index (κ1) is 9.77. The highest BCUT2D eigenvalue weighted by Crippen LogP contribution is 2.05. The van der Waals surface area contributed by atoms with E-state index in [1.54, 1.807) is 6.20 Å². The first-order valence-corrected chi connectivity index (χ1v) is 4.48. The van der Waals surface area contributed by atoms with E-state index in [0.29, 0.717) is 0 Å². The minimum atomic E-state index is -0.954. The molecule has 0 spiro atoms. The minimum absolute atomic E-state index is 0.144. The highest BCUT2D eigenvalue weighted by atomic mass is 16.4. The van der Waals surface area contributed by atoms with E-state index in [0.717, 1.165) is 25.2 Å². The van der Waals surface area contributed by atoms with Crippen LogP contribution in [0.2, 0.25) is 0 Å². The predicted octanol–water partition coefficient (Wildman–Crippen LogP) is 1.55. The first-order valence-electron chi connectivity index (χ1n) is 4.48. The molecule has 0 radical (unpaired) electrons. The van der Waals surface area contributed by atoms with Crippen LogP contribution < -0.4 is 0 Å². The largest absolute Gasteiger partial charge is 0.476 e. The van der Waals surface area contributed by atoms with Crippen LogP contribution in [-0.4, -0.2) is 20.6 Å². The van der Waals surface area contributed by atoms with Crippen molar-refractivity contribution in [3.8, 4) is 0 Å². The molecule has 0 aromatic carbocycles. The van der Waals surface area contributed by atoms with Gasteiger partial charge in [0.25, 0.3) is 0 Å². The van der Waals surface area contributed by atoms with Crippen molar-refractivity contribution in [3.05, 3.63) is 17.7 Å². The zero-order valence-electron chi connectivity index (χ0n) is 7.95. The van der Waals surface area contributed by atoms with Crippen LogP contribution >= 0.6 is 0 Å². The number of hydrogen-bond acceptors (Lipinski definition) is 2. The van der Waals surface area contributed by atoms with E-state index in [4.69, 9.17) is 5.11 Å². The highest BCUT2D eigenvalue weighted by molar-refractivity contribution is 5.85. The molecule has 0 atom stereocenters. The molecule has 0 aliphatic carbocycles. The van der Waals surface area contributed by atoms with Gasteiger partial charge in [-0.05, 0) is 13.3 Å². The summed E-state index contributed by atoms with van der Waals surface area (Å²) in [6, 6.07) is 0. The Bertz CT molecular complexity index is 305. The summed E-state index contributed by atoms with van der Waals surface area (Å²) in [5.74, 6) is -0.0908. The normalized spacial score (nSPS) is 10.3. The lowest BCUT2D eigenvalue weighted by atomic mass is 10.3. The number of aromatic nitrogens is 2. The van der Waals surface area contributed by atoms with Gasteiger partial charge in [-0.2, -0.15) is 0 Å². The number of hydrogen-bond donors (Lipinski definition) is 1. The highest BCUT2D eigenvalue weighted by Gasteiger charge is 2.10. The molecule has 0 aliphatic heterocycles. The molecule has 1 N–H and O–H groups in total. The van der Waals surface area contributed by atoms with Gasteiger partial charge in [0.2, 0.25) is 0 Å². The summed E-state index contributed by atoms with van der Waals surface area (Å²) in [6.07, 6.45) is 3.41. The molecular formula is C9H14N2O2. The maximum atomic E-state index is 10.6. The molecule has 0 aliphatic rings. The van der Waals surface area contributed by atoms with Crippen LogP contribution in [0.3, 0.4) is 0 Å². The van der Waals surface area contributed by atoms with Gasteiger partial charge in [-0.3, -0.25) is 0 Å². The van der Waals surface area contributed by atoms with Gasteiger partial charge in [0.05, 0.1) is 0 Å². The Morgan fingerprint density at radius 1 is 1.62 bits per heavy atom. The predicted molar refractivity (Wildman–Crippen MR) is 48.9 cm³/mol. The molecule has 0 saturated heterocycles. The lowest BCUT2D eigenvalue weighted by Gasteiger charge is -2.00. The van der Waals surface area contributed by atoms with Crippen molar-refractivity contribution in [1.82, 2.24) is 9.55 Å². The minimum Gasteiger partial charge on any atom is -0.476 e. The van der Waals surface area contributed by atoms with Gasteiger partial charge in [-0.1, -0.05) is 6.92 Å². The Kier molecular flexibility index (Phi) is 3.06. The number of aryl methyl sites for hydroxylation is 2. The summed E-state index contributed by atoms with van der Waals surface area (Å²) >= 11 is 0. The van der Waals surface area contributed by atoms with E-state index < -0.39 is 5.97 Å². The van der Waals surface area contributed by atoms with Crippen LogP contribution in [0.15, 0.2) is 6.20 Å². The average molecular weight is 182 g/mol. The fourth-order valence-corrected chi connectivity index (χ4v) is 1.25. The van der Waals surface area contributed by atoms with Crippen molar-refractivity contribution < 1.29 is 9.90 Å². The summed E-state index contributed by atoms with van der Waals surface area (Å²) in [5, 5.41) is 8.71. The number of aromatic carboxylic acids is 1. The first-order chi connectivity index (χ1) is 6.19. The van der Waals surface area contributed by atoms with Crippen LogP contribution in [-0.2, 0) is 13.0 Å². The van der Waals surface area contributed by atoms with E-state index in [9.17, 15) is 4.79 Å². The van der Waals surface area contributed by atoms with Gasteiger partial charge >= 0.3 is 5.97 Å². The average Bonchev–Trinajstić information content (AvgIpc) is 2.48. The van der Waals surface area contributed by atoms with Crippen molar-refractivity contribution in [2.24, 2.45) is 0 Å². The van der Waals surface area contributed by atoms with E-state index in [-0.39, 0.29) is 5.69 Å². The summed E-state index contributed by atoms with van der Waals surface area (Å²) in [4.78, 5) is 14.6. The molecule has 0 bridgehead atoms. The van der Waals surface area contributed by atoms with Crippen molar-refractivity contribution in [3.63, 3.8) is 0 Å². The van der Waals surface area contributed by atoms with Crippen molar-refractivity contribution in [1.29, 1.82) is 0 Å². The molecule has 0 unspecified atom stereocenters. The van der Waals surface area contributed by atoms with Crippen molar-refractivity contribution in [2.75, 3.05) is 0 Å². The molecule has 1 heterocycles. The van der Waals surface area contributed by atoms with E-state index in [2.05, 4.69) is 11.9 Å². The fraction of sp³-hybridized carbons (Fsp3) is 0.556. The number of carboxylic acid groups (broad SMARTS) is 1. The maximum absolute atomic E-state index is 10.6. The molecule has 4 heteroatoms. The molecule has 0 fully saturated rings. The molecule has 0 saturated carbocycles. The second kappa shape index (κ2) is 4.07. The Morgan fingerprint density at radius 2 is 2.31 bits per heavy atom. The topological polar surface area (TPSA) is 55.1 Å². The van der Waals surface area contributed by atoms with Gasteiger partial charge in [0.15, 0.2) is 5.69 Å². The summed E-state index contributed by atoms with van der Waals surface area (Å²) in [7, 11) is 0. The molecule has 1 rings (SSSR count). The van der Waals surface area contributed by atoms with Crippen LogP contribution in [0.4, 0.5) is 0 Å². The summed E-state index contributed by atoms with van der Waals surface area (Å²) in [5.41, 5.74) is 0.144. The standard InChI is InChI=1S/C9H14N2O2/c1-3-5-8-10-7(9(12)13)6-11(8)4-2/h6H,3-5H2,1-2H3,(H,12,13). The Labute approximate surface area is 77.2 Å². The molecule has 4 nitrogen and oxygen atoms in total. The van der Waals surface area contributed by atoms with Crippen LogP contribution in [0.1, 0.15) is 36.6 Å². The van der Waals surface area contributed by atoms with Crippen LogP contribution in [0, 0.1) is 0 Å². The van der Waals surface area contributed by atoms with E-state index >= 15 is 0 Å². The van der Waals surface area contributed by atoms with Crippen molar-refractivity contribution >= 4 is 5.97 Å². The van der Waals surface area contributed by atoms with Gasteiger partial charge in [0, 0.05) is 19.2 Å². The van der Waals surface area contributed by atoms with Gasteiger partial charge in [-0.25, -0.2) is 9.78 Å². The van der Waals surface area contributed by atoms with E-state index in [1.807, 2.05) is 11.5 Å². The third-order valence-corrected chi connectivity index (χ3v) is 1.89. The SMILES string of the molecule is CCCc1nc(C(=O)O)cn1CC. The maximum Gasteiger partial charge on any atom is 0.356 e. The quantitative estimate of drug-likeness (QED) is 0.768. The number of carboxylic acids is 1.